The van der Waals surface area contributed by atoms with Gasteiger partial charge in [-0.15, -0.1) is 6.58 Å². The minimum absolute atomic E-state index is 0.102. The topological polar surface area (TPSA) is 65.8 Å². The summed E-state index contributed by atoms with van der Waals surface area (Å²) in [6.45, 7) is 5.37. The van der Waals surface area contributed by atoms with Gasteiger partial charge in [0.2, 0.25) is 0 Å². The molecule has 1 atom stereocenters. The monoisotopic (exact) mass is 201 g/mol. The number of hydrogen-bond acceptors (Lipinski definition) is 3. The highest BCUT2D eigenvalue weighted by Gasteiger charge is 2.08. The number of nitrogens with one attached hydrogen (secondary N) is 1. The SMILES string of the molecule is C=CC(C)NC(=O)c1ccc(C#N)cn1. The molecule has 1 aromatic heterocycles. The van der Waals surface area contributed by atoms with Gasteiger partial charge in [0.05, 0.1) is 5.56 Å². The number of hydrogen-bond donors (Lipinski definition) is 1. The Balaban J connectivity index is 2.75. The van der Waals surface area contributed by atoms with Gasteiger partial charge in [0, 0.05) is 12.2 Å². The van der Waals surface area contributed by atoms with Gasteiger partial charge in [-0.3, -0.25) is 4.79 Å². The maximum absolute atomic E-state index is 11.5. The molecule has 1 aromatic rings. The molecule has 0 fully saturated rings. The fourth-order valence-electron chi connectivity index (χ4n) is 0.934. The molecule has 1 rings (SSSR count). The summed E-state index contributed by atoms with van der Waals surface area (Å²) in [5.74, 6) is -0.271. The Hall–Kier alpha value is -2.15. The third kappa shape index (κ3) is 2.92. The van der Waals surface area contributed by atoms with Crippen molar-refractivity contribution in [2.24, 2.45) is 0 Å². The lowest BCUT2D eigenvalue weighted by Crippen LogP contribution is -2.31. The van der Waals surface area contributed by atoms with Crippen LogP contribution in [0.2, 0.25) is 0 Å². The van der Waals surface area contributed by atoms with E-state index in [-0.39, 0.29) is 11.9 Å². The van der Waals surface area contributed by atoms with Crippen LogP contribution >= 0.6 is 0 Å². The third-order valence-corrected chi connectivity index (χ3v) is 1.84. The van der Waals surface area contributed by atoms with Gasteiger partial charge in [-0.05, 0) is 19.1 Å². The first-order valence-electron chi connectivity index (χ1n) is 4.47. The van der Waals surface area contributed by atoms with E-state index in [2.05, 4.69) is 16.9 Å². The quantitative estimate of drug-likeness (QED) is 0.748. The fourth-order valence-corrected chi connectivity index (χ4v) is 0.934. The molecule has 4 heteroatoms. The van der Waals surface area contributed by atoms with E-state index in [9.17, 15) is 4.79 Å². The van der Waals surface area contributed by atoms with Gasteiger partial charge in [0.1, 0.15) is 11.8 Å². The van der Waals surface area contributed by atoms with Crippen molar-refractivity contribution in [1.82, 2.24) is 10.3 Å². The molecule has 15 heavy (non-hydrogen) atoms. The van der Waals surface area contributed by atoms with Crippen molar-refractivity contribution in [3.8, 4) is 6.07 Å². The van der Waals surface area contributed by atoms with Crippen LogP contribution in [0, 0.1) is 11.3 Å². The van der Waals surface area contributed by atoms with E-state index in [4.69, 9.17) is 5.26 Å². The number of carbonyl (C=O) groups is 1. The van der Waals surface area contributed by atoms with Gasteiger partial charge in [-0.25, -0.2) is 4.98 Å². The molecular weight excluding hydrogens is 190 g/mol. The molecule has 0 bridgehead atoms. The highest BCUT2D eigenvalue weighted by atomic mass is 16.1. The molecular formula is C11H11N3O. The lowest BCUT2D eigenvalue weighted by molar-refractivity contribution is 0.0942. The second-order valence-electron chi connectivity index (χ2n) is 3.04. The van der Waals surface area contributed by atoms with E-state index in [0.717, 1.165) is 0 Å². The number of pyridine rings is 1. The van der Waals surface area contributed by atoms with Crippen molar-refractivity contribution in [3.05, 3.63) is 42.2 Å². The van der Waals surface area contributed by atoms with Crippen molar-refractivity contribution >= 4 is 5.91 Å². The summed E-state index contributed by atoms with van der Waals surface area (Å²) in [5, 5.41) is 11.2. The number of aromatic nitrogens is 1. The molecule has 0 aliphatic rings. The molecule has 76 valence electrons. The van der Waals surface area contributed by atoms with Crippen LogP contribution in [-0.2, 0) is 0 Å². The average Bonchev–Trinajstić information content (AvgIpc) is 2.29. The first kappa shape index (κ1) is 10.9. The Morgan fingerprint density at radius 1 is 1.73 bits per heavy atom. The van der Waals surface area contributed by atoms with Crippen molar-refractivity contribution < 1.29 is 4.79 Å². The second kappa shape index (κ2) is 4.91. The van der Waals surface area contributed by atoms with Crippen molar-refractivity contribution in [2.45, 2.75) is 13.0 Å². The molecule has 0 saturated carbocycles. The summed E-state index contributed by atoms with van der Waals surface area (Å²) in [5.41, 5.74) is 0.728. The Morgan fingerprint density at radius 2 is 2.47 bits per heavy atom. The third-order valence-electron chi connectivity index (χ3n) is 1.84. The zero-order chi connectivity index (χ0) is 11.3. The van der Waals surface area contributed by atoms with Crippen LogP contribution < -0.4 is 5.32 Å². The van der Waals surface area contributed by atoms with Gasteiger partial charge >= 0.3 is 0 Å². The van der Waals surface area contributed by atoms with E-state index >= 15 is 0 Å². The maximum Gasteiger partial charge on any atom is 0.270 e. The molecule has 1 unspecified atom stereocenters. The summed E-state index contributed by atoms with van der Waals surface area (Å²) in [7, 11) is 0. The smallest absolute Gasteiger partial charge is 0.270 e. The van der Waals surface area contributed by atoms with E-state index in [1.807, 2.05) is 13.0 Å². The Labute approximate surface area is 88.3 Å². The molecule has 1 N–H and O–H groups in total. The van der Waals surface area contributed by atoms with E-state index < -0.39 is 0 Å². The molecule has 4 nitrogen and oxygen atoms in total. The van der Waals surface area contributed by atoms with Crippen LogP contribution in [-0.4, -0.2) is 16.9 Å². The largest absolute Gasteiger partial charge is 0.345 e. The predicted molar refractivity (Wildman–Crippen MR) is 56.1 cm³/mol. The van der Waals surface area contributed by atoms with E-state index in [1.54, 1.807) is 12.1 Å². The van der Waals surface area contributed by atoms with Crippen LogP contribution in [0.3, 0.4) is 0 Å². The van der Waals surface area contributed by atoms with Crippen LogP contribution in [0.4, 0.5) is 0 Å². The molecule has 0 aliphatic heterocycles. The van der Waals surface area contributed by atoms with Gasteiger partial charge < -0.3 is 5.32 Å². The van der Waals surface area contributed by atoms with Crippen LogP contribution in [0.1, 0.15) is 23.0 Å². The first-order chi connectivity index (χ1) is 7.17. The number of nitrogens with zero attached hydrogens (tertiary/aromatic N) is 2. The molecule has 0 aliphatic carbocycles. The highest BCUT2D eigenvalue weighted by molar-refractivity contribution is 5.92. The second-order valence-corrected chi connectivity index (χ2v) is 3.04. The normalized spacial score (nSPS) is 11.2. The Bertz CT molecular complexity index is 403. The van der Waals surface area contributed by atoms with Crippen molar-refractivity contribution in [1.29, 1.82) is 5.26 Å². The van der Waals surface area contributed by atoms with E-state index in [1.165, 1.54) is 12.3 Å². The number of carbonyl (C=O) groups excluding carboxylic acids is 1. The summed E-state index contributed by atoms with van der Waals surface area (Å²) in [6.07, 6.45) is 3.00. The van der Waals surface area contributed by atoms with Crippen LogP contribution in [0.15, 0.2) is 31.0 Å². The summed E-state index contributed by atoms with van der Waals surface area (Å²) < 4.78 is 0. The zero-order valence-corrected chi connectivity index (χ0v) is 8.40. The summed E-state index contributed by atoms with van der Waals surface area (Å²) in [4.78, 5) is 15.4. The van der Waals surface area contributed by atoms with Crippen molar-refractivity contribution in [3.63, 3.8) is 0 Å². The van der Waals surface area contributed by atoms with Crippen LogP contribution in [0.5, 0.6) is 0 Å². The molecule has 0 aromatic carbocycles. The molecule has 0 radical (unpaired) electrons. The van der Waals surface area contributed by atoms with Gasteiger partial charge in [0.25, 0.3) is 5.91 Å². The highest BCUT2D eigenvalue weighted by Crippen LogP contribution is 1.99. The minimum Gasteiger partial charge on any atom is -0.345 e. The number of amides is 1. The standard InChI is InChI=1S/C11H11N3O/c1-3-8(2)14-11(15)10-5-4-9(6-12)7-13-10/h3-5,7-8H,1H2,2H3,(H,14,15). The maximum atomic E-state index is 11.5. The summed E-state index contributed by atoms with van der Waals surface area (Å²) >= 11 is 0. The molecule has 1 amide bonds. The first-order valence-corrected chi connectivity index (χ1v) is 4.47. The predicted octanol–water partition coefficient (Wildman–Crippen LogP) is 1.26. The zero-order valence-electron chi connectivity index (χ0n) is 8.40. The average molecular weight is 201 g/mol. The van der Waals surface area contributed by atoms with Gasteiger partial charge in [-0.1, -0.05) is 6.08 Å². The fraction of sp³-hybridized carbons (Fsp3) is 0.182. The number of rotatable bonds is 3. The van der Waals surface area contributed by atoms with E-state index in [0.29, 0.717) is 11.3 Å². The molecule has 0 saturated heterocycles. The summed E-state index contributed by atoms with van der Waals surface area (Å²) in [6, 6.07) is 4.91. The lowest BCUT2D eigenvalue weighted by atomic mass is 10.2. The minimum atomic E-state index is -0.271. The Kier molecular flexibility index (Phi) is 3.58. The molecule has 0 spiro atoms. The number of nitriles is 1. The van der Waals surface area contributed by atoms with Crippen LogP contribution in [0.25, 0.3) is 0 Å². The lowest BCUT2D eigenvalue weighted by Gasteiger charge is -2.07. The molecule has 1 heterocycles. The van der Waals surface area contributed by atoms with Gasteiger partial charge in [-0.2, -0.15) is 5.26 Å². The Morgan fingerprint density at radius 3 is 2.93 bits per heavy atom. The van der Waals surface area contributed by atoms with Crippen molar-refractivity contribution in [2.75, 3.05) is 0 Å². The van der Waals surface area contributed by atoms with Gasteiger partial charge in [0.15, 0.2) is 0 Å².